The molecule has 0 amide bonds. The van der Waals surface area contributed by atoms with Crippen LogP contribution in [-0.2, 0) is 0 Å². The highest BCUT2D eigenvalue weighted by molar-refractivity contribution is 5.93. The average molecular weight is 379 g/mol. The summed E-state index contributed by atoms with van der Waals surface area (Å²) in [6.07, 6.45) is 3.18. The number of nitrogen functional groups attached to an aromatic ring is 1. The molecule has 5 aromatic rings. The standard InChI is InChI=1S/C23H17N5O/c24-20-22(28-18-11-3-8-16-9-5-13-25-21(16)18)26-14-27-23(20)29-19-12-4-7-15-6-1-2-10-17(15)19/h1-14H,24H2,(H,26,27,28). The van der Waals surface area contributed by atoms with Crippen LogP contribution in [0.1, 0.15) is 0 Å². The third-order valence-corrected chi connectivity index (χ3v) is 4.69. The fourth-order valence-electron chi connectivity index (χ4n) is 3.28. The Bertz CT molecular complexity index is 1230. The maximum Gasteiger partial charge on any atom is 0.248 e. The van der Waals surface area contributed by atoms with E-state index in [0.717, 1.165) is 27.4 Å². The van der Waals surface area contributed by atoms with E-state index in [2.05, 4.69) is 20.3 Å². The van der Waals surface area contributed by atoms with Crippen LogP contribution in [0.5, 0.6) is 11.6 Å². The molecule has 3 aromatic carbocycles. The maximum atomic E-state index is 6.33. The molecule has 0 aliphatic rings. The molecule has 6 nitrogen and oxygen atoms in total. The van der Waals surface area contributed by atoms with Crippen LogP contribution < -0.4 is 15.8 Å². The topological polar surface area (TPSA) is 86.0 Å². The van der Waals surface area contributed by atoms with Crippen molar-refractivity contribution in [2.75, 3.05) is 11.1 Å². The second kappa shape index (κ2) is 7.09. The summed E-state index contributed by atoms with van der Waals surface area (Å²) in [7, 11) is 0. The Kier molecular flexibility index (Phi) is 4.14. The van der Waals surface area contributed by atoms with E-state index in [-0.39, 0.29) is 0 Å². The van der Waals surface area contributed by atoms with Gasteiger partial charge in [0.25, 0.3) is 0 Å². The summed E-state index contributed by atoms with van der Waals surface area (Å²) in [6.45, 7) is 0. The summed E-state index contributed by atoms with van der Waals surface area (Å²) in [5, 5.41) is 6.35. The van der Waals surface area contributed by atoms with Gasteiger partial charge in [-0.05, 0) is 23.6 Å². The van der Waals surface area contributed by atoms with E-state index >= 15 is 0 Å². The van der Waals surface area contributed by atoms with Crippen molar-refractivity contribution in [3.05, 3.63) is 85.3 Å². The third-order valence-electron chi connectivity index (χ3n) is 4.69. The molecule has 0 radical (unpaired) electrons. The predicted octanol–water partition coefficient (Wildman–Crippen LogP) is 5.30. The molecule has 0 aliphatic carbocycles. The van der Waals surface area contributed by atoms with E-state index < -0.39 is 0 Å². The molecule has 3 N–H and O–H groups in total. The smallest absolute Gasteiger partial charge is 0.248 e. The van der Waals surface area contributed by atoms with Crippen LogP contribution in [0.15, 0.2) is 85.3 Å². The average Bonchev–Trinajstić information content (AvgIpc) is 2.77. The number of anilines is 3. The zero-order chi connectivity index (χ0) is 19.6. The number of benzene rings is 3. The van der Waals surface area contributed by atoms with E-state index in [0.29, 0.717) is 23.1 Å². The van der Waals surface area contributed by atoms with Gasteiger partial charge in [-0.1, -0.05) is 54.6 Å². The zero-order valence-corrected chi connectivity index (χ0v) is 15.4. The molecule has 0 saturated heterocycles. The monoisotopic (exact) mass is 379 g/mol. The van der Waals surface area contributed by atoms with Gasteiger partial charge in [-0.3, -0.25) is 4.98 Å². The van der Waals surface area contributed by atoms with Gasteiger partial charge in [0, 0.05) is 17.0 Å². The number of ether oxygens (including phenoxy) is 1. The lowest BCUT2D eigenvalue weighted by Gasteiger charge is -2.13. The summed E-state index contributed by atoms with van der Waals surface area (Å²) in [4.78, 5) is 13.0. The number of para-hydroxylation sites is 1. The SMILES string of the molecule is Nc1c(Nc2cccc3cccnc23)ncnc1Oc1cccc2ccccc12. The summed E-state index contributed by atoms with van der Waals surface area (Å²) < 4.78 is 6.06. The van der Waals surface area contributed by atoms with Crippen molar-refractivity contribution in [2.45, 2.75) is 0 Å². The minimum Gasteiger partial charge on any atom is -0.436 e. The fourth-order valence-corrected chi connectivity index (χ4v) is 3.28. The van der Waals surface area contributed by atoms with Crippen molar-refractivity contribution in [1.82, 2.24) is 15.0 Å². The van der Waals surface area contributed by atoms with E-state index in [9.17, 15) is 0 Å². The first-order valence-electron chi connectivity index (χ1n) is 9.16. The van der Waals surface area contributed by atoms with Crippen LogP contribution in [0.25, 0.3) is 21.7 Å². The van der Waals surface area contributed by atoms with E-state index in [4.69, 9.17) is 10.5 Å². The molecule has 0 aliphatic heterocycles. The quantitative estimate of drug-likeness (QED) is 0.441. The van der Waals surface area contributed by atoms with Crippen LogP contribution in [0.4, 0.5) is 17.2 Å². The van der Waals surface area contributed by atoms with Gasteiger partial charge in [0.2, 0.25) is 5.88 Å². The number of rotatable bonds is 4. The van der Waals surface area contributed by atoms with Gasteiger partial charge in [-0.15, -0.1) is 0 Å². The lowest BCUT2D eigenvalue weighted by Crippen LogP contribution is -2.03. The normalized spacial score (nSPS) is 10.9. The number of fused-ring (bicyclic) bond motifs is 2. The maximum absolute atomic E-state index is 6.33. The van der Waals surface area contributed by atoms with Crippen LogP contribution in [-0.4, -0.2) is 15.0 Å². The number of aromatic nitrogens is 3. The van der Waals surface area contributed by atoms with Gasteiger partial charge in [-0.25, -0.2) is 4.98 Å². The largest absolute Gasteiger partial charge is 0.436 e. The predicted molar refractivity (Wildman–Crippen MR) is 115 cm³/mol. The van der Waals surface area contributed by atoms with Gasteiger partial charge in [-0.2, -0.15) is 4.98 Å². The van der Waals surface area contributed by atoms with Crippen molar-refractivity contribution in [2.24, 2.45) is 0 Å². The third kappa shape index (κ3) is 3.17. The minimum absolute atomic E-state index is 0.298. The molecule has 5 rings (SSSR count). The van der Waals surface area contributed by atoms with E-state index in [1.54, 1.807) is 6.20 Å². The molecule has 0 atom stereocenters. The van der Waals surface area contributed by atoms with Crippen LogP contribution in [0, 0.1) is 0 Å². The first-order chi connectivity index (χ1) is 14.3. The summed E-state index contributed by atoms with van der Waals surface area (Å²) in [5.74, 6) is 1.45. The lowest BCUT2D eigenvalue weighted by atomic mass is 10.1. The molecule has 0 fully saturated rings. The summed E-state index contributed by atoms with van der Waals surface area (Å²) in [5.41, 5.74) is 8.31. The fraction of sp³-hybridized carbons (Fsp3) is 0. The van der Waals surface area contributed by atoms with E-state index in [1.165, 1.54) is 6.33 Å². The van der Waals surface area contributed by atoms with Gasteiger partial charge in [0.15, 0.2) is 5.82 Å². The molecule has 140 valence electrons. The molecule has 6 heteroatoms. The van der Waals surface area contributed by atoms with Gasteiger partial charge in [0.1, 0.15) is 17.8 Å². The van der Waals surface area contributed by atoms with Gasteiger partial charge in [0.05, 0.1) is 11.2 Å². The lowest BCUT2D eigenvalue weighted by molar-refractivity contribution is 0.470. The molecule has 0 unspecified atom stereocenters. The molecule has 2 aromatic heterocycles. The summed E-state index contributed by atoms with van der Waals surface area (Å²) in [6, 6.07) is 23.7. The number of hydrogen-bond acceptors (Lipinski definition) is 6. The highest BCUT2D eigenvalue weighted by atomic mass is 16.5. The second-order valence-corrected chi connectivity index (χ2v) is 6.53. The zero-order valence-electron chi connectivity index (χ0n) is 15.4. The Morgan fingerprint density at radius 3 is 2.52 bits per heavy atom. The van der Waals surface area contributed by atoms with Crippen molar-refractivity contribution in [1.29, 1.82) is 0 Å². The van der Waals surface area contributed by atoms with Crippen molar-refractivity contribution < 1.29 is 4.74 Å². The highest BCUT2D eigenvalue weighted by Gasteiger charge is 2.13. The Morgan fingerprint density at radius 1 is 0.759 bits per heavy atom. The Morgan fingerprint density at radius 2 is 1.55 bits per heavy atom. The molecule has 0 saturated carbocycles. The molecule has 0 spiro atoms. The molecular formula is C23H17N5O. The second-order valence-electron chi connectivity index (χ2n) is 6.53. The molecule has 0 bridgehead atoms. The Labute approximate surface area is 167 Å². The number of hydrogen-bond donors (Lipinski definition) is 2. The number of nitrogens with one attached hydrogen (secondary N) is 1. The molecule has 29 heavy (non-hydrogen) atoms. The Hall–Kier alpha value is -4.19. The van der Waals surface area contributed by atoms with Crippen molar-refractivity contribution in [3.8, 4) is 11.6 Å². The van der Waals surface area contributed by atoms with E-state index in [1.807, 2.05) is 72.8 Å². The molecular weight excluding hydrogens is 362 g/mol. The molecule has 2 heterocycles. The Balaban J connectivity index is 1.52. The first kappa shape index (κ1) is 16.9. The van der Waals surface area contributed by atoms with Crippen LogP contribution in [0.2, 0.25) is 0 Å². The number of nitrogens with zero attached hydrogens (tertiary/aromatic N) is 3. The number of pyridine rings is 1. The first-order valence-corrected chi connectivity index (χ1v) is 9.16. The van der Waals surface area contributed by atoms with Crippen LogP contribution in [0.3, 0.4) is 0 Å². The van der Waals surface area contributed by atoms with Gasteiger partial charge < -0.3 is 15.8 Å². The summed E-state index contributed by atoms with van der Waals surface area (Å²) >= 11 is 0. The van der Waals surface area contributed by atoms with Crippen molar-refractivity contribution >= 4 is 38.9 Å². The van der Waals surface area contributed by atoms with Crippen LogP contribution >= 0.6 is 0 Å². The van der Waals surface area contributed by atoms with Crippen molar-refractivity contribution in [3.63, 3.8) is 0 Å². The highest BCUT2D eigenvalue weighted by Crippen LogP contribution is 2.35. The minimum atomic E-state index is 0.298. The number of nitrogens with two attached hydrogens (primary N) is 1. The van der Waals surface area contributed by atoms with Gasteiger partial charge >= 0.3 is 0 Å².